The SMILES string of the molecule is C[C@@H](O)[C@H](NC(=O)c1ccc(C#Cc2ccc(NC(=O)CNC3CC3)cc2)cc1)C(=O)NO. The molecule has 2 atom stereocenters. The van der Waals surface area contributed by atoms with Crippen LogP contribution in [-0.4, -0.2) is 52.8 Å². The first-order valence-corrected chi connectivity index (χ1v) is 10.5. The zero-order chi connectivity index (χ0) is 23.8. The number of carbonyl (C=O) groups excluding carboxylic acids is 3. The average Bonchev–Trinajstić information content (AvgIpc) is 3.65. The quantitative estimate of drug-likeness (QED) is 0.199. The molecule has 6 N–H and O–H groups in total. The number of carbonyl (C=O) groups is 3. The molecule has 0 spiro atoms. The second-order valence-corrected chi connectivity index (χ2v) is 7.78. The van der Waals surface area contributed by atoms with E-state index in [1.807, 2.05) is 0 Å². The zero-order valence-electron chi connectivity index (χ0n) is 18.1. The second-order valence-electron chi connectivity index (χ2n) is 7.78. The third kappa shape index (κ3) is 7.43. The summed E-state index contributed by atoms with van der Waals surface area (Å²) >= 11 is 0. The lowest BCUT2D eigenvalue weighted by atomic mass is 10.1. The van der Waals surface area contributed by atoms with E-state index in [1.165, 1.54) is 12.4 Å². The van der Waals surface area contributed by atoms with Gasteiger partial charge in [0.1, 0.15) is 6.04 Å². The molecule has 0 unspecified atom stereocenters. The van der Waals surface area contributed by atoms with Gasteiger partial charge in [0.2, 0.25) is 5.91 Å². The van der Waals surface area contributed by atoms with E-state index in [4.69, 9.17) is 5.21 Å². The third-order valence-electron chi connectivity index (χ3n) is 4.96. The Morgan fingerprint density at radius 2 is 1.58 bits per heavy atom. The van der Waals surface area contributed by atoms with Crippen molar-refractivity contribution < 1.29 is 24.7 Å². The van der Waals surface area contributed by atoms with Crippen molar-refractivity contribution in [1.29, 1.82) is 0 Å². The summed E-state index contributed by atoms with van der Waals surface area (Å²) in [5, 5.41) is 26.7. The Morgan fingerprint density at radius 3 is 2.09 bits per heavy atom. The fourth-order valence-corrected chi connectivity index (χ4v) is 2.92. The standard InChI is InChI=1S/C24H26N4O5/c1-15(29)22(24(32)28-33)27-23(31)18-8-4-16(5-9-18)2-3-17-6-10-20(11-7-17)26-21(30)14-25-19-12-13-19/h4-11,15,19,22,25,29,33H,12-14H2,1H3,(H,26,30)(H,27,31)(H,28,32)/t15-,22+/m1/s1. The first-order valence-electron chi connectivity index (χ1n) is 10.5. The fraction of sp³-hybridized carbons (Fsp3) is 0.292. The van der Waals surface area contributed by atoms with Crippen molar-refractivity contribution in [1.82, 2.24) is 16.1 Å². The van der Waals surface area contributed by atoms with Crippen molar-refractivity contribution >= 4 is 23.4 Å². The largest absolute Gasteiger partial charge is 0.391 e. The van der Waals surface area contributed by atoms with Crippen LogP contribution >= 0.6 is 0 Å². The summed E-state index contributed by atoms with van der Waals surface area (Å²) in [4.78, 5) is 35.7. The Balaban J connectivity index is 1.55. The molecule has 1 aliphatic carbocycles. The van der Waals surface area contributed by atoms with Gasteiger partial charge >= 0.3 is 0 Å². The van der Waals surface area contributed by atoms with Gasteiger partial charge in [0.25, 0.3) is 11.8 Å². The number of rotatable bonds is 8. The molecular weight excluding hydrogens is 424 g/mol. The van der Waals surface area contributed by atoms with Crippen molar-refractivity contribution in [3.05, 3.63) is 65.2 Å². The summed E-state index contributed by atoms with van der Waals surface area (Å²) in [6, 6.07) is 12.8. The highest BCUT2D eigenvalue weighted by atomic mass is 16.5. The molecule has 1 saturated carbocycles. The van der Waals surface area contributed by atoms with Crippen LogP contribution in [0.25, 0.3) is 0 Å². The topological polar surface area (TPSA) is 140 Å². The monoisotopic (exact) mass is 450 g/mol. The van der Waals surface area contributed by atoms with Gasteiger partial charge in [-0.2, -0.15) is 0 Å². The lowest BCUT2D eigenvalue weighted by Gasteiger charge is -2.19. The van der Waals surface area contributed by atoms with E-state index in [1.54, 1.807) is 48.5 Å². The van der Waals surface area contributed by atoms with Crippen LogP contribution in [0.3, 0.4) is 0 Å². The highest BCUT2D eigenvalue weighted by Crippen LogP contribution is 2.18. The zero-order valence-corrected chi connectivity index (χ0v) is 18.1. The number of hydrogen-bond donors (Lipinski definition) is 6. The van der Waals surface area contributed by atoms with Gasteiger partial charge < -0.3 is 21.1 Å². The number of anilines is 1. The summed E-state index contributed by atoms with van der Waals surface area (Å²) in [6.45, 7) is 1.63. The van der Waals surface area contributed by atoms with Crippen LogP contribution in [0.5, 0.6) is 0 Å². The van der Waals surface area contributed by atoms with Crippen LogP contribution in [0.2, 0.25) is 0 Å². The predicted molar refractivity (Wildman–Crippen MR) is 121 cm³/mol. The molecule has 2 aromatic rings. The van der Waals surface area contributed by atoms with Gasteiger partial charge in [-0.25, -0.2) is 5.48 Å². The molecule has 1 aliphatic rings. The number of hydrogen-bond acceptors (Lipinski definition) is 6. The number of hydroxylamine groups is 1. The second kappa shape index (κ2) is 11.2. The molecule has 3 amide bonds. The lowest BCUT2D eigenvalue weighted by molar-refractivity contribution is -0.133. The summed E-state index contributed by atoms with van der Waals surface area (Å²) in [5.41, 5.74) is 3.82. The molecule has 3 rings (SSSR count). The Morgan fingerprint density at radius 1 is 1.00 bits per heavy atom. The molecule has 0 bridgehead atoms. The predicted octanol–water partition coefficient (Wildman–Crippen LogP) is 0.762. The lowest BCUT2D eigenvalue weighted by Crippen LogP contribution is -2.51. The maximum Gasteiger partial charge on any atom is 0.268 e. The van der Waals surface area contributed by atoms with E-state index >= 15 is 0 Å². The number of aliphatic hydroxyl groups is 1. The minimum Gasteiger partial charge on any atom is -0.391 e. The maximum absolute atomic E-state index is 12.3. The van der Waals surface area contributed by atoms with Crippen molar-refractivity contribution in [2.75, 3.05) is 11.9 Å². The van der Waals surface area contributed by atoms with Crippen molar-refractivity contribution in [3.63, 3.8) is 0 Å². The summed E-state index contributed by atoms with van der Waals surface area (Å²) < 4.78 is 0. The number of amides is 3. The van der Waals surface area contributed by atoms with Crippen molar-refractivity contribution in [3.8, 4) is 11.8 Å². The van der Waals surface area contributed by atoms with Crippen LogP contribution < -0.4 is 21.4 Å². The molecule has 0 saturated heterocycles. The maximum atomic E-state index is 12.3. The van der Waals surface area contributed by atoms with Gasteiger partial charge in [-0.3, -0.25) is 19.6 Å². The molecule has 0 radical (unpaired) electrons. The minimum absolute atomic E-state index is 0.0818. The molecule has 172 valence electrons. The van der Waals surface area contributed by atoms with Crippen LogP contribution in [-0.2, 0) is 9.59 Å². The van der Waals surface area contributed by atoms with Crippen LogP contribution in [0, 0.1) is 11.8 Å². The van der Waals surface area contributed by atoms with Crippen LogP contribution in [0.4, 0.5) is 5.69 Å². The molecule has 0 aliphatic heterocycles. The molecule has 9 heteroatoms. The Hall–Kier alpha value is -3.71. The highest BCUT2D eigenvalue weighted by Gasteiger charge is 2.25. The van der Waals surface area contributed by atoms with Gasteiger partial charge in [-0.15, -0.1) is 0 Å². The van der Waals surface area contributed by atoms with Crippen LogP contribution in [0.15, 0.2) is 48.5 Å². The average molecular weight is 450 g/mol. The van der Waals surface area contributed by atoms with Crippen LogP contribution in [0.1, 0.15) is 41.3 Å². The number of aliphatic hydroxyl groups excluding tert-OH is 1. The minimum atomic E-state index is -1.29. The molecule has 1 fully saturated rings. The van der Waals surface area contributed by atoms with Gasteiger partial charge in [0, 0.05) is 28.4 Å². The Bertz CT molecular complexity index is 1050. The number of nitrogens with one attached hydrogen (secondary N) is 4. The molecule has 0 heterocycles. The van der Waals surface area contributed by atoms with Gasteiger partial charge in [-0.1, -0.05) is 11.8 Å². The Labute approximate surface area is 191 Å². The summed E-state index contributed by atoms with van der Waals surface area (Å²) in [5.74, 6) is 4.44. The normalized spacial score (nSPS) is 14.3. The summed E-state index contributed by atoms with van der Waals surface area (Å²) in [7, 11) is 0. The molecule has 2 aromatic carbocycles. The smallest absolute Gasteiger partial charge is 0.268 e. The Kier molecular flexibility index (Phi) is 8.16. The fourth-order valence-electron chi connectivity index (χ4n) is 2.92. The van der Waals surface area contributed by atoms with Crippen molar-refractivity contribution in [2.24, 2.45) is 0 Å². The molecule has 33 heavy (non-hydrogen) atoms. The van der Waals surface area contributed by atoms with E-state index in [2.05, 4.69) is 27.8 Å². The first-order chi connectivity index (χ1) is 15.9. The van der Waals surface area contributed by atoms with Crippen molar-refractivity contribution in [2.45, 2.75) is 38.0 Å². The molecular formula is C24H26N4O5. The molecule has 0 aromatic heterocycles. The van der Waals surface area contributed by atoms with Gasteiger partial charge in [-0.05, 0) is 68.3 Å². The molecule has 9 nitrogen and oxygen atoms in total. The van der Waals surface area contributed by atoms with E-state index in [9.17, 15) is 19.5 Å². The van der Waals surface area contributed by atoms with Gasteiger partial charge in [0.15, 0.2) is 0 Å². The van der Waals surface area contributed by atoms with E-state index in [0.29, 0.717) is 23.8 Å². The highest BCUT2D eigenvalue weighted by molar-refractivity contribution is 5.97. The summed E-state index contributed by atoms with van der Waals surface area (Å²) in [6.07, 6.45) is 1.07. The van der Waals surface area contributed by atoms with E-state index < -0.39 is 24.0 Å². The first kappa shape index (κ1) is 23.9. The van der Waals surface area contributed by atoms with E-state index in [0.717, 1.165) is 18.4 Å². The van der Waals surface area contributed by atoms with Gasteiger partial charge in [0.05, 0.1) is 12.6 Å². The van der Waals surface area contributed by atoms with E-state index in [-0.39, 0.29) is 11.5 Å². The third-order valence-corrected chi connectivity index (χ3v) is 4.96. The number of benzene rings is 2.